The summed E-state index contributed by atoms with van der Waals surface area (Å²) < 4.78 is 0. The number of hydrogen-bond donors (Lipinski definition) is 3. The van der Waals surface area contributed by atoms with Crippen molar-refractivity contribution in [2.75, 3.05) is 17.6 Å². The van der Waals surface area contributed by atoms with Crippen molar-refractivity contribution in [3.63, 3.8) is 0 Å². The molecule has 2 aliphatic heterocycles. The summed E-state index contributed by atoms with van der Waals surface area (Å²) in [6.45, 7) is 0.171. The van der Waals surface area contributed by atoms with Gasteiger partial charge in [-0.3, -0.25) is 9.59 Å². The first-order chi connectivity index (χ1) is 8.58. The first-order valence-electron chi connectivity index (χ1n) is 5.76. The van der Waals surface area contributed by atoms with E-state index in [4.69, 9.17) is 5.73 Å². The molecule has 0 unspecified atom stereocenters. The normalized spacial score (nSPS) is 26.4. The SMILES string of the molecule is Nc1cccc2c1C(=O)N1C[C@H](O)C[C@@H]1C(=O)N2. The summed E-state index contributed by atoms with van der Waals surface area (Å²) in [6, 6.07) is 4.35. The molecule has 2 heterocycles. The Hall–Kier alpha value is -2.08. The van der Waals surface area contributed by atoms with Gasteiger partial charge in [0.15, 0.2) is 0 Å². The van der Waals surface area contributed by atoms with Gasteiger partial charge in [-0.2, -0.15) is 0 Å². The number of nitrogens with two attached hydrogens (primary N) is 1. The van der Waals surface area contributed by atoms with Gasteiger partial charge in [0, 0.05) is 18.7 Å². The molecule has 0 aliphatic carbocycles. The van der Waals surface area contributed by atoms with Crippen LogP contribution in [0.5, 0.6) is 0 Å². The Morgan fingerprint density at radius 3 is 2.94 bits per heavy atom. The Balaban J connectivity index is 2.13. The number of amides is 2. The van der Waals surface area contributed by atoms with Gasteiger partial charge in [-0.25, -0.2) is 0 Å². The lowest BCUT2D eigenvalue weighted by Gasteiger charge is -2.20. The van der Waals surface area contributed by atoms with Crippen molar-refractivity contribution in [1.82, 2.24) is 4.90 Å². The topological polar surface area (TPSA) is 95.7 Å². The molecule has 6 nitrogen and oxygen atoms in total. The molecule has 2 atom stereocenters. The van der Waals surface area contributed by atoms with Crippen molar-refractivity contribution >= 4 is 23.2 Å². The fourth-order valence-corrected chi connectivity index (χ4v) is 2.56. The van der Waals surface area contributed by atoms with E-state index < -0.39 is 12.1 Å². The second kappa shape index (κ2) is 3.71. The minimum atomic E-state index is -0.656. The van der Waals surface area contributed by atoms with Crippen LogP contribution >= 0.6 is 0 Å². The van der Waals surface area contributed by atoms with Gasteiger partial charge in [-0.1, -0.05) is 6.07 Å². The van der Waals surface area contributed by atoms with Crippen LogP contribution < -0.4 is 11.1 Å². The average molecular weight is 247 g/mol. The third kappa shape index (κ3) is 1.46. The number of hydrogen-bond acceptors (Lipinski definition) is 4. The van der Waals surface area contributed by atoms with Crippen molar-refractivity contribution in [1.29, 1.82) is 0 Å². The lowest BCUT2D eigenvalue weighted by molar-refractivity contribution is -0.119. The van der Waals surface area contributed by atoms with E-state index in [1.807, 2.05) is 0 Å². The number of aliphatic hydroxyl groups excluding tert-OH is 1. The van der Waals surface area contributed by atoms with Crippen LogP contribution in [0.3, 0.4) is 0 Å². The van der Waals surface area contributed by atoms with E-state index in [2.05, 4.69) is 5.32 Å². The van der Waals surface area contributed by atoms with E-state index in [9.17, 15) is 14.7 Å². The summed E-state index contributed by atoms with van der Waals surface area (Å²) in [4.78, 5) is 25.8. The number of benzene rings is 1. The van der Waals surface area contributed by atoms with Crippen LogP contribution in [-0.4, -0.2) is 40.5 Å². The molecule has 94 valence electrons. The lowest BCUT2D eigenvalue weighted by atomic mass is 10.1. The van der Waals surface area contributed by atoms with Crippen LogP contribution in [-0.2, 0) is 4.79 Å². The number of aliphatic hydroxyl groups is 1. The third-order valence-corrected chi connectivity index (χ3v) is 3.41. The molecule has 6 heteroatoms. The number of carbonyl (C=O) groups excluding carboxylic acids is 2. The van der Waals surface area contributed by atoms with Crippen LogP contribution in [0.1, 0.15) is 16.8 Å². The number of fused-ring (bicyclic) bond motifs is 2. The Morgan fingerprint density at radius 1 is 1.39 bits per heavy atom. The van der Waals surface area contributed by atoms with Crippen molar-refractivity contribution in [3.8, 4) is 0 Å². The maximum absolute atomic E-state index is 12.4. The average Bonchev–Trinajstić information content (AvgIpc) is 2.67. The fraction of sp³-hybridized carbons (Fsp3) is 0.333. The smallest absolute Gasteiger partial charge is 0.258 e. The highest BCUT2D eigenvalue weighted by Gasteiger charge is 2.42. The van der Waals surface area contributed by atoms with Gasteiger partial charge in [-0.15, -0.1) is 0 Å². The Morgan fingerprint density at radius 2 is 2.17 bits per heavy atom. The van der Waals surface area contributed by atoms with Gasteiger partial charge >= 0.3 is 0 Å². The Bertz CT molecular complexity index is 543. The molecule has 1 aromatic carbocycles. The Labute approximate surface area is 103 Å². The van der Waals surface area contributed by atoms with Crippen LogP contribution in [0.2, 0.25) is 0 Å². The summed E-state index contributed by atoms with van der Waals surface area (Å²) >= 11 is 0. The van der Waals surface area contributed by atoms with E-state index in [1.54, 1.807) is 18.2 Å². The molecular weight excluding hydrogens is 234 g/mol. The van der Waals surface area contributed by atoms with E-state index in [0.29, 0.717) is 16.9 Å². The van der Waals surface area contributed by atoms with Crippen LogP contribution in [0, 0.1) is 0 Å². The van der Waals surface area contributed by atoms with Crippen molar-refractivity contribution in [2.45, 2.75) is 18.6 Å². The molecular formula is C12H13N3O3. The molecule has 0 bridgehead atoms. The molecule has 0 radical (unpaired) electrons. The van der Waals surface area contributed by atoms with E-state index in [1.165, 1.54) is 4.90 Å². The zero-order valence-corrected chi connectivity index (χ0v) is 9.59. The number of carbonyl (C=O) groups is 2. The highest BCUT2D eigenvalue weighted by atomic mass is 16.3. The lowest BCUT2D eigenvalue weighted by Crippen LogP contribution is -2.40. The van der Waals surface area contributed by atoms with Crippen molar-refractivity contribution in [2.24, 2.45) is 0 Å². The second-order valence-electron chi connectivity index (χ2n) is 4.62. The molecule has 0 spiro atoms. The number of rotatable bonds is 0. The fourth-order valence-electron chi connectivity index (χ4n) is 2.56. The van der Waals surface area contributed by atoms with Gasteiger partial charge in [-0.05, 0) is 12.1 Å². The number of anilines is 2. The van der Waals surface area contributed by atoms with E-state index >= 15 is 0 Å². The first kappa shape index (κ1) is 11.0. The van der Waals surface area contributed by atoms with Gasteiger partial charge < -0.3 is 21.1 Å². The standard InChI is InChI=1S/C12H13N3O3/c13-7-2-1-3-8-10(7)12(18)15-5-6(16)4-9(15)11(17)14-8/h1-3,6,9,16H,4-5,13H2,(H,14,17)/t6-,9-/m1/s1. The van der Waals surface area contributed by atoms with Crippen LogP contribution in [0.4, 0.5) is 11.4 Å². The first-order valence-corrected chi connectivity index (χ1v) is 5.76. The highest BCUT2D eigenvalue weighted by molar-refractivity contribution is 6.12. The van der Waals surface area contributed by atoms with Gasteiger partial charge in [0.05, 0.1) is 17.4 Å². The van der Waals surface area contributed by atoms with Crippen LogP contribution in [0.15, 0.2) is 18.2 Å². The highest BCUT2D eigenvalue weighted by Crippen LogP contribution is 2.31. The summed E-state index contributed by atoms with van der Waals surface area (Å²) in [7, 11) is 0. The van der Waals surface area contributed by atoms with Crippen molar-refractivity contribution < 1.29 is 14.7 Å². The van der Waals surface area contributed by atoms with Gasteiger partial charge in [0.2, 0.25) is 5.91 Å². The molecule has 0 aromatic heterocycles. The van der Waals surface area contributed by atoms with E-state index in [-0.39, 0.29) is 24.8 Å². The summed E-state index contributed by atoms with van der Waals surface area (Å²) in [6.07, 6.45) is -0.387. The summed E-state index contributed by atoms with van der Waals surface area (Å²) in [5.41, 5.74) is 6.88. The monoisotopic (exact) mass is 247 g/mol. The number of nitrogens with zero attached hydrogens (tertiary/aromatic N) is 1. The molecule has 1 aromatic rings. The molecule has 18 heavy (non-hydrogen) atoms. The summed E-state index contributed by atoms with van der Waals surface area (Å²) in [5, 5.41) is 12.3. The Kier molecular flexibility index (Phi) is 2.27. The minimum absolute atomic E-state index is 0.171. The molecule has 2 aliphatic rings. The zero-order valence-electron chi connectivity index (χ0n) is 9.59. The maximum atomic E-state index is 12.4. The van der Waals surface area contributed by atoms with Gasteiger partial charge in [0.1, 0.15) is 6.04 Å². The molecule has 0 saturated carbocycles. The molecule has 4 N–H and O–H groups in total. The predicted molar refractivity (Wildman–Crippen MR) is 64.9 cm³/mol. The molecule has 2 amide bonds. The zero-order chi connectivity index (χ0) is 12.9. The molecule has 1 fully saturated rings. The largest absolute Gasteiger partial charge is 0.398 e. The molecule has 3 rings (SSSR count). The second-order valence-corrected chi connectivity index (χ2v) is 4.62. The maximum Gasteiger partial charge on any atom is 0.258 e. The number of nitrogen functional groups attached to an aromatic ring is 1. The number of nitrogens with one attached hydrogen (secondary N) is 1. The third-order valence-electron chi connectivity index (χ3n) is 3.41. The van der Waals surface area contributed by atoms with Crippen LogP contribution in [0.25, 0.3) is 0 Å². The molecule has 1 saturated heterocycles. The van der Waals surface area contributed by atoms with Gasteiger partial charge in [0.25, 0.3) is 5.91 Å². The minimum Gasteiger partial charge on any atom is -0.398 e. The van der Waals surface area contributed by atoms with Crippen molar-refractivity contribution in [3.05, 3.63) is 23.8 Å². The predicted octanol–water partition coefficient (Wildman–Crippen LogP) is -0.204. The summed E-state index contributed by atoms with van der Waals surface area (Å²) in [5.74, 6) is -0.577. The van der Waals surface area contributed by atoms with E-state index in [0.717, 1.165) is 0 Å². The quantitative estimate of drug-likeness (QED) is 0.553.